The maximum absolute atomic E-state index is 11.6. The van der Waals surface area contributed by atoms with E-state index in [0.29, 0.717) is 23.5 Å². The summed E-state index contributed by atoms with van der Waals surface area (Å²) in [5.41, 5.74) is 1.80. The van der Waals surface area contributed by atoms with Crippen molar-refractivity contribution in [3.05, 3.63) is 53.6 Å². The fourth-order valence-corrected chi connectivity index (χ4v) is 6.52. The zero-order valence-corrected chi connectivity index (χ0v) is 16.0. The molecule has 4 aliphatic rings. The van der Waals surface area contributed by atoms with E-state index in [1.165, 1.54) is 17.5 Å². The molecule has 140 valence electrons. The molecular formula is C25H28O2. The van der Waals surface area contributed by atoms with Crippen LogP contribution in [0.4, 0.5) is 0 Å². The molecule has 27 heavy (non-hydrogen) atoms. The molecule has 5 unspecified atom stereocenters. The van der Waals surface area contributed by atoms with Crippen LogP contribution in [0.3, 0.4) is 0 Å². The zero-order chi connectivity index (χ0) is 18.6. The number of benzene rings is 1. The first-order chi connectivity index (χ1) is 13.0. The van der Waals surface area contributed by atoms with Gasteiger partial charge in [0.25, 0.3) is 0 Å². The highest BCUT2D eigenvalue weighted by Gasteiger charge is 2.61. The second kappa shape index (κ2) is 6.01. The molecule has 2 N–H and O–H groups in total. The monoisotopic (exact) mass is 360 g/mol. The van der Waals surface area contributed by atoms with Crippen LogP contribution in [0.15, 0.2) is 42.5 Å². The Kier molecular flexibility index (Phi) is 3.82. The lowest BCUT2D eigenvalue weighted by molar-refractivity contribution is -0.0648. The van der Waals surface area contributed by atoms with Crippen LogP contribution in [0.5, 0.6) is 5.75 Å². The third-order valence-electron chi connectivity index (χ3n) is 8.06. The van der Waals surface area contributed by atoms with Crippen molar-refractivity contribution in [2.45, 2.75) is 57.0 Å². The molecular weight excluding hydrogens is 332 g/mol. The van der Waals surface area contributed by atoms with E-state index in [1.807, 2.05) is 24.3 Å². The van der Waals surface area contributed by atoms with Crippen LogP contribution in [0.1, 0.15) is 56.1 Å². The molecule has 2 saturated carbocycles. The Bertz CT molecular complexity index is 873. The van der Waals surface area contributed by atoms with E-state index in [-0.39, 0.29) is 11.3 Å². The summed E-state index contributed by atoms with van der Waals surface area (Å²) in [6.45, 7) is 2.29. The number of aryl methyl sites for hydroxylation is 1. The normalized spacial score (nSPS) is 39.4. The van der Waals surface area contributed by atoms with Gasteiger partial charge in [0.15, 0.2) is 0 Å². The van der Waals surface area contributed by atoms with Gasteiger partial charge >= 0.3 is 0 Å². The summed E-state index contributed by atoms with van der Waals surface area (Å²) in [4.78, 5) is 0. The minimum Gasteiger partial charge on any atom is -0.508 e. The number of hydrogen-bond donors (Lipinski definition) is 2. The molecule has 0 aliphatic heterocycles. The van der Waals surface area contributed by atoms with Crippen molar-refractivity contribution in [1.29, 1.82) is 0 Å². The standard InChI is InChI=1S/C25H28O2/c1-24-13-11-21-20-9-7-19(26)16-18(20)6-8-22(21)23(24)12-15-25(24,27)14-10-17-4-2-3-5-17/h2-5,7,9,16-17,21-23,26-27H,6,8,11-13,15H2,1H3. The fraction of sp³-hybridized carbons (Fsp3) is 0.520. The molecule has 5 rings (SSSR count). The largest absolute Gasteiger partial charge is 0.508 e. The van der Waals surface area contributed by atoms with E-state index < -0.39 is 5.60 Å². The molecule has 0 spiro atoms. The molecule has 2 nitrogen and oxygen atoms in total. The van der Waals surface area contributed by atoms with Crippen LogP contribution < -0.4 is 0 Å². The van der Waals surface area contributed by atoms with Gasteiger partial charge in [0.1, 0.15) is 11.4 Å². The second-order valence-electron chi connectivity index (χ2n) is 9.22. The van der Waals surface area contributed by atoms with Crippen molar-refractivity contribution in [1.82, 2.24) is 0 Å². The molecule has 0 aromatic heterocycles. The summed E-state index contributed by atoms with van der Waals surface area (Å²) in [5, 5.41) is 21.4. The third kappa shape index (κ3) is 2.52. The van der Waals surface area contributed by atoms with Gasteiger partial charge in [0.2, 0.25) is 0 Å². The number of rotatable bonds is 0. The highest BCUT2D eigenvalue weighted by atomic mass is 16.3. The smallest absolute Gasteiger partial charge is 0.131 e. The van der Waals surface area contributed by atoms with Crippen molar-refractivity contribution >= 4 is 0 Å². The maximum atomic E-state index is 11.6. The van der Waals surface area contributed by atoms with Crippen LogP contribution in [0.2, 0.25) is 0 Å². The number of hydrogen-bond acceptors (Lipinski definition) is 2. The Hall–Kier alpha value is -1.98. The van der Waals surface area contributed by atoms with Gasteiger partial charge in [-0.15, -0.1) is 0 Å². The number of fused-ring (bicyclic) bond motifs is 5. The predicted octanol–water partition coefficient (Wildman–Crippen LogP) is 4.73. The highest BCUT2D eigenvalue weighted by molar-refractivity contribution is 5.41. The van der Waals surface area contributed by atoms with Gasteiger partial charge in [-0.25, -0.2) is 0 Å². The molecule has 0 saturated heterocycles. The van der Waals surface area contributed by atoms with E-state index in [1.54, 1.807) is 0 Å². The number of aromatic hydroxyl groups is 1. The van der Waals surface area contributed by atoms with Crippen LogP contribution >= 0.6 is 0 Å². The molecule has 2 heteroatoms. The minimum absolute atomic E-state index is 0.110. The van der Waals surface area contributed by atoms with E-state index in [2.05, 4.69) is 37.0 Å². The Labute approximate surface area is 162 Å². The zero-order valence-electron chi connectivity index (χ0n) is 16.0. The van der Waals surface area contributed by atoms with Crippen molar-refractivity contribution < 1.29 is 10.2 Å². The molecule has 5 atom stereocenters. The maximum Gasteiger partial charge on any atom is 0.131 e. The average molecular weight is 360 g/mol. The lowest BCUT2D eigenvalue weighted by atomic mass is 9.53. The van der Waals surface area contributed by atoms with Crippen molar-refractivity contribution in [3.63, 3.8) is 0 Å². The highest BCUT2D eigenvalue weighted by Crippen LogP contribution is 2.64. The van der Waals surface area contributed by atoms with Gasteiger partial charge < -0.3 is 10.2 Å². The van der Waals surface area contributed by atoms with E-state index >= 15 is 0 Å². The predicted molar refractivity (Wildman–Crippen MR) is 107 cm³/mol. The number of allylic oxidation sites excluding steroid dienone is 4. The van der Waals surface area contributed by atoms with Gasteiger partial charge in [0.05, 0.1) is 5.92 Å². The summed E-state index contributed by atoms with van der Waals surface area (Å²) < 4.78 is 0. The Balaban J connectivity index is 1.45. The first-order valence-electron chi connectivity index (χ1n) is 10.4. The summed E-state index contributed by atoms with van der Waals surface area (Å²) in [6.07, 6.45) is 14.5. The first kappa shape index (κ1) is 17.1. The first-order valence-corrected chi connectivity index (χ1v) is 10.4. The number of phenols is 1. The second-order valence-corrected chi connectivity index (χ2v) is 9.22. The van der Waals surface area contributed by atoms with Gasteiger partial charge in [0, 0.05) is 5.41 Å². The van der Waals surface area contributed by atoms with Crippen LogP contribution in [0.25, 0.3) is 0 Å². The molecule has 0 amide bonds. The van der Waals surface area contributed by atoms with Crippen LogP contribution in [-0.4, -0.2) is 15.8 Å². The van der Waals surface area contributed by atoms with Gasteiger partial charge in [-0.2, -0.15) is 0 Å². The van der Waals surface area contributed by atoms with Crippen LogP contribution in [-0.2, 0) is 6.42 Å². The number of phenolic OH excluding ortho intramolecular Hbond substituents is 1. The van der Waals surface area contributed by atoms with E-state index in [4.69, 9.17) is 0 Å². The molecule has 0 radical (unpaired) electrons. The summed E-state index contributed by atoms with van der Waals surface area (Å²) in [7, 11) is 0. The molecule has 4 aliphatic carbocycles. The molecule has 0 bridgehead atoms. The topological polar surface area (TPSA) is 40.5 Å². The molecule has 0 heterocycles. The molecule has 2 fully saturated rings. The van der Waals surface area contributed by atoms with Crippen molar-refractivity contribution in [3.8, 4) is 17.6 Å². The van der Waals surface area contributed by atoms with E-state index in [9.17, 15) is 10.2 Å². The lowest BCUT2D eigenvalue weighted by Crippen LogP contribution is -2.50. The van der Waals surface area contributed by atoms with E-state index in [0.717, 1.165) is 32.1 Å². The van der Waals surface area contributed by atoms with Crippen molar-refractivity contribution in [2.75, 3.05) is 0 Å². The molecule has 1 aromatic rings. The summed E-state index contributed by atoms with van der Waals surface area (Å²) >= 11 is 0. The Morgan fingerprint density at radius 2 is 1.89 bits per heavy atom. The number of aliphatic hydroxyl groups is 1. The quantitative estimate of drug-likeness (QED) is 0.657. The lowest BCUT2D eigenvalue weighted by Gasteiger charge is -2.52. The third-order valence-corrected chi connectivity index (χ3v) is 8.06. The van der Waals surface area contributed by atoms with Gasteiger partial charge in [-0.05, 0) is 79.5 Å². The minimum atomic E-state index is -0.859. The average Bonchev–Trinajstić information content (AvgIpc) is 3.26. The van der Waals surface area contributed by atoms with Crippen LogP contribution in [0, 0.1) is 35.0 Å². The Morgan fingerprint density at radius 1 is 1.07 bits per heavy atom. The fourth-order valence-electron chi connectivity index (χ4n) is 6.52. The summed E-state index contributed by atoms with van der Waals surface area (Å²) in [5.74, 6) is 8.92. The van der Waals surface area contributed by atoms with Crippen molar-refractivity contribution in [2.24, 2.45) is 23.2 Å². The Morgan fingerprint density at radius 3 is 2.70 bits per heavy atom. The SMILES string of the molecule is CC12CCC3c4ccc(O)cc4CCC3C1CCC2(O)C#CC1C=CC=C1. The van der Waals surface area contributed by atoms with Gasteiger partial charge in [-0.1, -0.05) is 49.1 Å². The molecule has 1 aromatic carbocycles. The summed E-state index contributed by atoms with van der Waals surface area (Å²) in [6, 6.07) is 5.94. The van der Waals surface area contributed by atoms with Gasteiger partial charge in [-0.3, -0.25) is 0 Å².